The van der Waals surface area contributed by atoms with Crippen molar-refractivity contribution in [1.82, 2.24) is 0 Å². The highest BCUT2D eigenvalue weighted by Crippen LogP contribution is 2.25. The summed E-state index contributed by atoms with van der Waals surface area (Å²) in [5.74, 6) is 2.69. The Morgan fingerprint density at radius 2 is 1.82 bits per heavy atom. The van der Waals surface area contributed by atoms with Crippen molar-refractivity contribution in [2.75, 3.05) is 11.5 Å². The predicted octanol–water partition coefficient (Wildman–Crippen LogP) is 2.10. The first-order chi connectivity index (χ1) is 5.01. The molecule has 1 saturated heterocycles. The van der Waals surface area contributed by atoms with E-state index in [-0.39, 0.29) is 0 Å². The van der Waals surface area contributed by atoms with Crippen molar-refractivity contribution >= 4 is 9.73 Å². The average Bonchev–Trinajstić information content (AvgIpc) is 1.86. The van der Waals surface area contributed by atoms with Gasteiger partial charge in [0.15, 0.2) is 0 Å². The van der Waals surface area contributed by atoms with E-state index in [4.69, 9.17) is 4.78 Å². The summed E-state index contributed by atoms with van der Waals surface area (Å²) in [4.78, 5) is 0. The van der Waals surface area contributed by atoms with Crippen molar-refractivity contribution in [3.63, 3.8) is 0 Å². The Labute approximate surface area is 69.4 Å². The molecule has 0 aromatic carbocycles. The van der Waals surface area contributed by atoms with E-state index >= 15 is 0 Å². The SMILES string of the molecule is CC(C)C1CCS(=N)(=O)CC1. The zero-order valence-electron chi connectivity index (χ0n) is 7.30. The molecule has 1 aliphatic rings. The summed E-state index contributed by atoms with van der Waals surface area (Å²) >= 11 is 0. The molecule has 0 atom stereocenters. The molecule has 0 aromatic rings. The number of hydrogen-bond donors (Lipinski definition) is 1. The van der Waals surface area contributed by atoms with Crippen LogP contribution in [0.5, 0.6) is 0 Å². The van der Waals surface area contributed by atoms with Crippen molar-refractivity contribution in [3.8, 4) is 0 Å². The summed E-state index contributed by atoms with van der Waals surface area (Å²) in [7, 11) is -2.15. The Morgan fingerprint density at radius 3 is 2.18 bits per heavy atom. The molecule has 0 unspecified atom stereocenters. The smallest absolute Gasteiger partial charge is 0.0441 e. The highest BCUT2D eigenvalue weighted by atomic mass is 32.2. The minimum atomic E-state index is -2.15. The van der Waals surface area contributed by atoms with Gasteiger partial charge < -0.3 is 0 Å². The Kier molecular flexibility index (Phi) is 2.58. The molecule has 1 fully saturated rings. The van der Waals surface area contributed by atoms with Crippen molar-refractivity contribution in [3.05, 3.63) is 0 Å². The van der Waals surface area contributed by atoms with Gasteiger partial charge in [-0.05, 0) is 24.7 Å². The van der Waals surface area contributed by atoms with E-state index in [0.29, 0.717) is 17.4 Å². The van der Waals surface area contributed by atoms with Gasteiger partial charge in [0, 0.05) is 21.2 Å². The Bertz CT molecular complexity index is 204. The second-order valence-electron chi connectivity index (χ2n) is 3.80. The summed E-state index contributed by atoms with van der Waals surface area (Å²) in [6, 6.07) is 0. The van der Waals surface area contributed by atoms with Gasteiger partial charge in [-0.15, -0.1) is 0 Å². The summed E-state index contributed by atoms with van der Waals surface area (Å²) in [6.07, 6.45) is 2.00. The Balaban J connectivity index is 2.49. The maximum Gasteiger partial charge on any atom is 0.0441 e. The van der Waals surface area contributed by atoms with Crippen molar-refractivity contribution in [2.45, 2.75) is 26.7 Å². The fourth-order valence-electron chi connectivity index (χ4n) is 1.60. The summed E-state index contributed by atoms with van der Waals surface area (Å²) in [5.41, 5.74) is 0. The third-order valence-corrected chi connectivity index (χ3v) is 4.37. The third-order valence-electron chi connectivity index (χ3n) is 2.58. The first kappa shape index (κ1) is 9.04. The van der Waals surface area contributed by atoms with Crippen molar-refractivity contribution in [1.29, 1.82) is 4.78 Å². The van der Waals surface area contributed by atoms with Gasteiger partial charge in [0.1, 0.15) is 0 Å². The molecule has 1 heterocycles. The second kappa shape index (κ2) is 3.13. The van der Waals surface area contributed by atoms with E-state index in [1.807, 2.05) is 0 Å². The molecule has 11 heavy (non-hydrogen) atoms. The van der Waals surface area contributed by atoms with Gasteiger partial charge >= 0.3 is 0 Å². The molecule has 0 amide bonds. The molecule has 0 saturated carbocycles. The van der Waals surface area contributed by atoms with Crippen LogP contribution in [-0.4, -0.2) is 15.7 Å². The molecule has 0 aliphatic carbocycles. The molecule has 66 valence electrons. The quantitative estimate of drug-likeness (QED) is 0.651. The third kappa shape index (κ3) is 2.47. The van der Waals surface area contributed by atoms with E-state index < -0.39 is 9.73 Å². The molecular formula is C8H17NOS. The lowest BCUT2D eigenvalue weighted by Crippen LogP contribution is -2.25. The van der Waals surface area contributed by atoms with Crippen LogP contribution in [0.3, 0.4) is 0 Å². The lowest BCUT2D eigenvalue weighted by molar-refractivity contribution is 0.356. The summed E-state index contributed by atoms with van der Waals surface area (Å²) in [6.45, 7) is 4.42. The largest absolute Gasteiger partial charge is 0.253 e. The molecule has 1 N–H and O–H groups in total. The normalized spacial score (nSPS) is 39.4. The van der Waals surface area contributed by atoms with Crippen LogP contribution in [0.15, 0.2) is 0 Å². The minimum Gasteiger partial charge on any atom is -0.253 e. The number of nitrogens with one attached hydrogen (secondary N) is 1. The summed E-state index contributed by atoms with van der Waals surface area (Å²) in [5, 5.41) is 0. The van der Waals surface area contributed by atoms with Crippen LogP contribution in [0.25, 0.3) is 0 Å². The number of rotatable bonds is 1. The maximum absolute atomic E-state index is 11.2. The van der Waals surface area contributed by atoms with Crippen molar-refractivity contribution in [2.24, 2.45) is 11.8 Å². The van der Waals surface area contributed by atoms with Crippen LogP contribution < -0.4 is 0 Å². The first-order valence-electron chi connectivity index (χ1n) is 4.25. The molecule has 1 aliphatic heterocycles. The van der Waals surface area contributed by atoms with Gasteiger partial charge in [-0.25, -0.2) is 4.21 Å². The van der Waals surface area contributed by atoms with Gasteiger partial charge in [-0.1, -0.05) is 13.8 Å². The molecular weight excluding hydrogens is 158 g/mol. The van der Waals surface area contributed by atoms with E-state index in [1.54, 1.807) is 0 Å². The highest BCUT2D eigenvalue weighted by molar-refractivity contribution is 7.92. The van der Waals surface area contributed by atoms with Crippen LogP contribution in [0.2, 0.25) is 0 Å². The van der Waals surface area contributed by atoms with Crippen LogP contribution in [0, 0.1) is 16.6 Å². The molecule has 0 spiro atoms. The predicted molar refractivity (Wildman–Crippen MR) is 48.2 cm³/mol. The fourth-order valence-corrected chi connectivity index (χ4v) is 3.17. The van der Waals surface area contributed by atoms with Gasteiger partial charge in [0.25, 0.3) is 0 Å². The lowest BCUT2D eigenvalue weighted by Gasteiger charge is -2.26. The lowest BCUT2D eigenvalue weighted by atomic mass is 9.91. The standard InChI is InChI=1S/C8H17NOS/c1-7(2)8-3-5-11(9,10)6-4-8/h7-9H,3-6H2,1-2H3. The number of hydrogen-bond acceptors (Lipinski definition) is 2. The van der Waals surface area contributed by atoms with E-state index in [9.17, 15) is 4.21 Å². The molecule has 1 rings (SSSR count). The van der Waals surface area contributed by atoms with E-state index in [2.05, 4.69) is 13.8 Å². The topological polar surface area (TPSA) is 40.9 Å². The monoisotopic (exact) mass is 175 g/mol. The summed E-state index contributed by atoms with van der Waals surface area (Å²) < 4.78 is 18.6. The zero-order chi connectivity index (χ0) is 8.48. The second-order valence-corrected chi connectivity index (χ2v) is 6.24. The maximum atomic E-state index is 11.2. The van der Waals surface area contributed by atoms with Gasteiger partial charge in [-0.3, -0.25) is 4.78 Å². The van der Waals surface area contributed by atoms with Crippen LogP contribution in [-0.2, 0) is 9.73 Å². The molecule has 3 heteroatoms. The van der Waals surface area contributed by atoms with E-state index in [0.717, 1.165) is 18.8 Å². The van der Waals surface area contributed by atoms with Gasteiger partial charge in [0.2, 0.25) is 0 Å². The average molecular weight is 175 g/mol. The Hall–Kier alpha value is -0.0500. The highest BCUT2D eigenvalue weighted by Gasteiger charge is 2.22. The van der Waals surface area contributed by atoms with Crippen LogP contribution >= 0.6 is 0 Å². The van der Waals surface area contributed by atoms with Gasteiger partial charge in [0.05, 0.1) is 0 Å². The zero-order valence-corrected chi connectivity index (χ0v) is 8.12. The minimum absolute atomic E-state index is 0.635. The van der Waals surface area contributed by atoms with Crippen LogP contribution in [0.1, 0.15) is 26.7 Å². The molecule has 0 aromatic heterocycles. The molecule has 0 radical (unpaired) electrons. The van der Waals surface area contributed by atoms with Gasteiger partial charge in [-0.2, -0.15) is 0 Å². The van der Waals surface area contributed by atoms with Crippen molar-refractivity contribution < 1.29 is 4.21 Å². The van der Waals surface area contributed by atoms with E-state index in [1.165, 1.54) is 0 Å². The molecule has 2 nitrogen and oxygen atoms in total. The first-order valence-corrected chi connectivity index (χ1v) is 6.15. The Morgan fingerprint density at radius 1 is 1.36 bits per heavy atom. The molecule has 0 bridgehead atoms. The van der Waals surface area contributed by atoms with Crippen LogP contribution in [0.4, 0.5) is 0 Å². The fraction of sp³-hybridized carbons (Fsp3) is 1.00.